The topological polar surface area (TPSA) is 76.1 Å². The van der Waals surface area contributed by atoms with Crippen molar-refractivity contribution in [2.24, 2.45) is 11.5 Å². The molecule has 0 aliphatic rings. The van der Waals surface area contributed by atoms with Crippen molar-refractivity contribution in [3.05, 3.63) is 0 Å². The number of rotatable bonds is 8. The Balaban J connectivity index is 2.90. The fraction of sp³-hybridized carbons (Fsp3) is 1.00. The second-order valence-corrected chi connectivity index (χ2v) is 2.89. The van der Waals surface area contributed by atoms with Gasteiger partial charge in [-0.15, -0.1) is 0 Å². The fourth-order valence-corrected chi connectivity index (χ4v) is 0.884. The fourth-order valence-electron chi connectivity index (χ4n) is 0.884. The Morgan fingerprint density at radius 2 is 1.83 bits per heavy atom. The van der Waals surface area contributed by atoms with Crippen LogP contribution in [0, 0.1) is 0 Å². The van der Waals surface area contributed by atoms with Gasteiger partial charge >= 0.3 is 0 Å². The molecule has 0 heterocycles. The van der Waals surface area contributed by atoms with Gasteiger partial charge in [-0.2, -0.15) is 0 Å². The SMILES string of the molecule is CCNCCNCCC(N)CN. The van der Waals surface area contributed by atoms with Crippen molar-refractivity contribution in [1.29, 1.82) is 0 Å². The normalized spacial score (nSPS) is 13.2. The molecular weight excluding hydrogens is 152 g/mol. The molecule has 0 aromatic heterocycles. The molecule has 0 rings (SSSR count). The van der Waals surface area contributed by atoms with E-state index in [0.717, 1.165) is 32.6 Å². The summed E-state index contributed by atoms with van der Waals surface area (Å²) >= 11 is 0. The molecule has 0 amide bonds. The molecule has 0 spiro atoms. The van der Waals surface area contributed by atoms with E-state index in [0.29, 0.717) is 6.54 Å². The van der Waals surface area contributed by atoms with Crippen LogP contribution in [0.5, 0.6) is 0 Å². The first-order valence-corrected chi connectivity index (χ1v) is 4.68. The summed E-state index contributed by atoms with van der Waals surface area (Å²) in [6, 6.07) is 0.150. The number of likely N-dealkylation sites (N-methyl/N-ethyl adjacent to an activating group) is 1. The van der Waals surface area contributed by atoms with Gasteiger partial charge in [0.2, 0.25) is 0 Å². The van der Waals surface area contributed by atoms with Crippen molar-refractivity contribution in [2.45, 2.75) is 19.4 Å². The Hall–Kier alpha value is -0.160. The smallest absolute Gasteiger partial charge is 0.0175 e. The third-order valence-corrected chi connectivity index (χ3v) is 1.72. The standard InChI is InChI=1S/C8H22N4/c1-2-11-5-6-12-4-3-8(10)7-9/h8,11-12H,2-7,9-10H2,1H3. The zero-order valence-corrected chi connectivity index (χ0v) is 7.97. The Labute approximate surface area is 75.1 Å². The highest BCUT2D eigenvalue weighted by Crippen LogP contribution is 1.80. The molecule has 6 N–H and O–H groups in total. The first-order chi connectivity index (χ1) is 5.81. The molecule has 1 atom stereocenters. The number of nitrogens with one attached hydrogen (secondary N) is 2. The molecule has 0 saturated carbocycles. The van der Waals surface area contributed by atoms with Gasteiger partial charge in [-0.3, -0.25) is 0 Å². The van der Waals surface area contributed by atoms with E-state index in [1.165, 1.54) is 0 Å². The van der Waals surface area contributed by atoms with Crippen LogP contribution in [0.1, 0.15) is 13.3 Å². The molecule has 1 unspecified atom stereocenters. The maximum Gasteiger partial charge on any atom is 0.0175 e. The molecule has 0 aliphatic carbocycles. The van der Waals surface area contributed by atoms with Crippen LogP contribution in [0.15, 0.2) is 0 Å². The third-order valence-electron chi connectivity index (χ3n) is 1.72. The Morgan fingerprint density at radius 3 is 2.42 bits per heavy atom. The van der Waals surface area contributed by atoms with E-state index in [9.17, 15) is 0 Å². The minimum Gasteiger partial charge on any atom is -0.329 e. The predicted molar refractivity (Wildman–Crippen MR) is 53.1 cm³/mol. The predicted octanol–water partition coefficient (Wildman–Crippen LogP) is -1.14. The second kappa shape index (κ2) is 8.93. The summed E-state index contributed by atoms with van der Waals surface area (Å²) in [5.74, 6) is 0. The van der Waals surface area contributed by atoms with Crippen LogP contribution >= 0.6 is 0 Å². The summed E-state index contributed by atoms with van der Waals surface area (Å²) in [7, 11) is 0. The van der Waals surface area contributed by atoms with Crippen LogP contribution in [-0.4, -0.2) is 38.8 Å². The lowest BCUT2D eigenvalue weighted by Gasteiger charge is -2.09. The van der Waals surface area contributed by atoms with Gasteiger partial charge in [0.05, 0.1) is 0 Å². The summed E-state index contributed by atoms with van der Waals surface area (Å²) < 4.78 is 0. The second-order valence-electron chi connectivity index (χ2n) is 2.89. The number of hydrogen-bond donors (Lipinski definition) is 4. The van der Waals surface area contributed by atoms with Gasteiger partial charge < -0.3 is 22.1 Å². The molecule has 0 bridgehead atoms. The first kappa shape index (κ1) is 11.8. The highest BCUT2D eigenvalue weighted by molar-refractivity contribution is 4.63. The van der Waals surface area contributed by atoms with Crippen molar-refractivity contribution in [3.63, 3.8) is 0 Å². The highest BCUT2D eigenvalue weighted by atomic mass is 14.9. The summed E-state index contributed by atoms with van der Waals surface area (Å²) in [6.07, 6.45) is 0.961. The average molecular weight is 174 g/mol. The Bertz CT molecular complexity index is 87.1. The van der Waals surface area contributed by atoms with E-state index < -0.39 is 0 Å². The van der Waals surface area contributed by atoms with Crippen molar-refractivity contribution >= 4 is 0 Å². The Morgan fingerprint density at radius 1 is 1.17 bits per heavy atom. The van der Waals surface area contributed by atoms with Gasteiger partial charge in [-0.1, -0.05) is 6.92 Å². The zero-order valence-electron chi connectivity index (χ0n) is 7.97. The first-order valence-electron chi connectivity index (χ1n) is 4.68. The van der Waals surface area contributed by atoms with Crippen LogP contribution in [0.3, 0.4) is 0 Å². The van der Waals surface area contributed by atoms with E-state index in [1.807, 2.05) is 0 Å². The molecule has 0 fully saturated rings. The molecule has 0 aliphatic heterocycles. The monoisotopic (exact) mass is 174 g/mol. The van der Waals surface area contributed by atoms with Crippen molar-refractivity contribution in [3.8, 4) is 0 Å². The maximum absolute atomic E-state index is 5.63. The molecular formula is C8H22N4. The lowest BCUT2D eigenvalue weighted by molar-refractivity contribution is 0.554. The van der Waals surface area contributed by atoms with Crippen LogP contribution < -0.4 is 22.1 Å². The quantitative estimate of drug-likeness (QED) is 0.351. The Kier molecular flexibility index (Phi) is 8.81. The van der Waals surface area contributed by atoms with Gasteiger partial charge in [-0.25, -0.2) is 0 Å². The molecule has 74 valence electrons. The lowest BCUT2D eigenvalue weighted by Crippen LogP contribution is -2.35. The van der Waals surface area contributed by atoms with Crippen LogP contribution in [0.2, 0.25) is 0 Å². The largest absolute Gasteiger partial charge is 0.329 e. The van der Waals surface area contributed by atoms with Gasteiger partial charge in [-0.05, 0) is 19.5 Å². The van der Waals surface area contributed by atoms with E-state index in [-0.39, 0.29) is 6.04 Å². The van der Waals surface area contributed by atoms with Crippen molar-refractivity contribution in [1.82, 2.24) is 10.6 Å². The van der Waals surface area contributed by atoms with Crippen molar-refractivity contribution in [2.75, 3.05) is 32.7 Å². The summed E-state index contributed by atoms with van der Waals surface area (Å²) in [5, 5.41) is 6.52. The van der Waals surface area contributed by atoms with E-state index in [1.54, 1.807) is 0 Å². The van der Waals surface area contributed by atoms with E-state index >= 15 is 0 Å². The minimum absolute atomic E-state index is 0.150. The summed E-state index contributed by atoms with van der Waals surface area (Å²) in [4.78, 5) is 0. The number of hydrogen-bond acceptors (Lipinski definition) is 4. The third kappa shape index (κ3) is 7.94. The van der Waals surface area contributed by atoms with Gasteiger partial charge in [0, 0.05) is 25.7 Å². The molecule has 4 nitrogen and oxygen atoms in total. The number of nitrogens with two attached hydrogens (primary N) is 2. The van der Waals surface area contributed by atoms with Crippen molar-refractivity contribution < 1.29 is 0 Å². The van der Waals surface area contributed by atoms with Crippen LogP contribution in [0.25, 0.3) is 0 Å². The molecule has 0 radical (unpaired) electrons. The average Bonchev–Trinajstić information content (AvgIpc) is 2.10. The maximum atomic E-state index is 5.63. The van der Waals surface area contributed by atoms with Crippen LogP contribution in [-0.2, 0) is 0 Å². The molecule has 0 aromatic rings. The zero-order chi connectivity index (χ0) is 9.23. The highest BCUT2D eigenvalue weighted by Gasteiger charge is 1.96. The van der Waals surface area contributed by atoms with Gasteiger partial charge in [0.25, 0.3) is 0 Å². The van der Waals surface area contributed by atoms with Gasteiger partial charge in [0.15, 0.2) is 0 Å². The summed E-state index contributed by atoms with van der Waals surface area (Å²) in [5.41, 5.74) is 11.0. The molecule has 4 heteroatoms. The molecule has 12 heavy (non-hydrogen) atoms. The minimum atomic E-state index is 0.150. The van der Waals surface area contributed by atoms with E-state index in [4.69, 9.17) is 11.5 Å². The molecule has 0 saturated heterocycles. The van der Waals surface area contributed by atoms with Gasteiger partial charge in [0.1, 0.15) is 0 Å². The van der Waals surface area contributed by atoms with Crippen LogP contribution in [0.4, 0.5) is 0 Å². The lowest BCUT2D eigenvalue weighted by atomic mass is 10.2. The molecule has 0 aromatic carbocycles. The summed E-state index contributed by atoms with van der Waals surface area (Å²) in [6.45, 7) is 6.70. The van der Waals surface area contributed by atoms with E-state index in [2.05, 4.69) is 17.6 Å².